The van der Waals surface area contributed by atoms with Crippen molar-refractivity contribution >= 4 is 22.4 Å². The number of carbonyl (C=O) groups is 1. The van der Waals surface area contributed by atoms with Gasteiger partial charge < -0.3 is 4.74 Å². The summed E-state index contributed by atoms with van der Waals surface area (Å²) in [6, 6.07) is 7.43. The highest BCUT2D eigenvalue weighted by Gasteiger charge is 2.23. The van der Waals surface area contributed by atoms with Gasteiger partial charge in [0.2, 0.25) is 0 Å². The first-order chi connectivity index (χ1) is 13.4. The number of hydrogen-bond donors (Lipinski definition) is 1. The van der Waals surface area contributed by atoms with E-state index in [1.54, 1.807) is 29.6 Å². The number of amides is 1. The molecule has 1 aromatic heterocycles. The van der Waals surface area contributed by atoms with Crippen molar-refractivity contribution in [2.24, 2.45) is 0 Å². The minimum Gasteiger partial charge on any atom is -0.494 e. The zero-order chi connectivity index (χ0) is 20.3. The van der Waals surface area contributed by atoms with E-state index in [1.807, 2.05) is 6.92 Å². The van der Waals surface area contributed by atoms with Crippen LogP contribution in [0.25, 0.3) is 11.3 Å². The Morgan fingerprint density at radius 3 is 2.50 bits per heavy atom. The SMILES string of the molecule is CCCOc1ccc(-c2csc(NC(=O)c3cc(F)c(F)c(F)c3F)n2)cc1. The number of carbonyl (C=O) groups excluding carboxylic acids is 1. The molecule has 0 saturated carbocycles. The molecule has 0 fully saturated rings. The molecular formula is C19H14F4N2O2S. The van der Waals surface area contributed by atoms with Gasteiger partial charge in [-0.2, -0.15) is 0 Å². The van der Waals surface area contributed by atoms with Gasteiger partial charge in [0.1, 0.15) is 5.75 Å². The van der Waals surface area contributed by atoms with Gasteiger partial charge in [-0.1, -0.05) is 6.92 Å². The summed E-state index contributed by atoms with van der Waals surface area (Å²) >= 11 is 1.04. The van der Waals surface area contributed by atoms with Crippen molar-refractivity contribution in [1.82, 2.24) is 4.98 Å². The van der Waals surface area contributed by atoms with Crippen LogP contribution in [0.2, 0.25) is 0 Å². The lowest BCUT2D eigenvalue weighted by Gasteiger charge is -2.06. The minimum absolute atomic E-state index is 0.0934. The van der Waals surface area contributed by atoms with Gasteiger partial charge in [-0.15, -0.1) is 11.3 Å². The molecule has 0 unspecified atom stereocenters. The third-order valence-electron chi connectivity index (χ3n) is 3.69. The van der Waals surface area contributed by atoms with E-state index in [4.69, 9.17) is 4.74 Å². The van der Waals surface area contributed by atoms with Crippen LogP contribution >= 0.6 is 11.3 Å². The Kier molecular flexibility index (Phi) is 5.93. The molecule has 4 nitrogen and oxygen atoms in total. The number of aromatic nitrogens is 1. The second-order valence-electron chi connectivity index (χ2n) is 5.71. The lowest BCUT2D eigenvalue weighted by molar-refractivity contribution is 0.102. The predicted molar refractivity (Wildman–Crippen MR) is 97.6 cm³/mol. The molecule has 1 N–H and O–H groups in total. The van der Waals surface area contributed by atoms with Gasteiger partial charge in [-0.05, 0) is 36.8 Å². The molecule has 0 spiro atoms. The van der Waals surface area contributed by atoms with Gasteiger partial charge in [-0.3, -0.25) is 10.1 Å². The molecule has 1 heterocycles. The molecule has 0 aliphatic heterocycles. The Hall–Kier alpha value is -2.94. The van der Waals surface area contributed by atoms with Crippen molar-refractivity contribution in [2.75, 3.05) is 11.9 Å². The van der Waals surface area contributed by atoms with E-state index in [9.17, 15) is 22.4 Å². The molecule has 9 heteroatoms. The predicted octanol–water partition coefficient (Wildman–Crippen LogP) is 5.41. The van der Waals surface area contributed by atoms with Crippen LogP contribution in [0.15, 0.2) is 35.7 Å². The fourth-order valence-electron chi connectivity index (χ4n) is 2.31. The van der Waals surface area contributed by atoms with Crippen molar-refractivity contribution in [3.05, 3.63) is 64.5 Å². The molecule has 1 amide bonds. The second-order valence-corrected chi connectivity index (χ2v) is 6.57. The number of hydrogen-bond acceptors (Lipinski definition) is 4. The van der Waals surface area contributed by atoms with E-state index in [0.717, 1.165) is 23.3 Å². The molecule has 3 aromatic rings. The number of nitrogens with one attached hydrogen (secondary N) is 1. The Labute approximate surface area is 161 Å². The Bertz CT molecular complexity index is 1010. The normalized spacial score (nSPS) is 10.8. The number of thiazole rings is 1. The topological polar surface area (TPSA) is 51.2 Å². The molecule has 3 rings (SSSR count). The first-order valence-corrected chi connectivity index (χ1v) is 9.11. The average Bonchev–Trinajstić information content (AvgIpc) is 3.16. The van der Waals surface area contributed by atoms with Crippen LogP contribution in [0.3, 0.4) is 0 Å². The summed E-state index contributed by atoms with van der Waals surface area (Å²) in [5.74, 6) is -7.87. The summed E-state index contributed by atoms with van der Waals surface area (Å²) in [5.41, 5.74) is 0.343. The van der Waals surface area contributed by atoms with Gasteiger partial charge in [0.25, 0.3) is 5.91 Å². The standard InChI is InChI=1S/C19H14F4N2O2S/c1-2-7-27-11-5-3-10(4-6-11)14-9-28-19(24-14)25-18(26)12-8-13(20)16(22)17(23)15(12)21/h3-6,8-9H,2,7H2,1H3,(H,24,25,26). The first kappa shape index (κ1) is 19.8. The Morgan fingerprint density at radius 2 is 1.82 bits per heavy atom. The zero-order valence-electron chi connectivity index (χ0n) is 14.6. The molecule has 28 heavy (non-hydrogen) atoms. The largest absolute Gasteiger partial charge is 0.494 e. The molecular weight excluding hydrogens is 396 g/mol. The van der Waals surface area contributed by atoms with E-state index in [2.05, 4.69) is 10.3 Å². The summed E-state index contributed by atoms with van der Waals surface area (Å²) in [4.78, 5) is 16.3. The fourth-order valence-corrected chi connectivity index (χ4v) is 3.02. The number of benzene rings is 2. The maximum atomic E-state index is 13.7. The molecule has 2 aromatic carbocycles. The maximum Gasteiger partial charge on any atom is 0.260 e. The van der Waals surface area contributed by atoms with Crippen molar-refractivity contribution in [1.29, 1.82) is 0 Å². The lowest BCUT2D eigenvalue weighted by Crippen LogP contribution is -2.16. The molecule has 0 saturated heterocycles. The Balaban J connectivity index is 1.75. The monoisotopic (exact) mass is 410 g/mol. The van der Waals surface area contributed by atoms with Crippen molar-refractivity contribution < 1.29 is 27.1 Å². The third-order valence-corrected chi connectivity index (χ3v) is 4.45. The number of rotatable bonds is 6. The van der Waals surface area contributed by atoms with Crippen LogP contribution < -0.4 is 10.1 Å². The van der Waals surface area contributed by atoms with Crippen molar-refractivity contribution in [3.8, 4) is 17.0 Å². The molecule has 0 atom stereocenters. The fraction of sp³-hybridized carbons (Fsp3) is 0.158. The van der Waals surface area contributed by atoms with Crippen LogP contribution in [-0.4, -0.2) is 17.5 Å². The summed E-state index contributed by atoms with van der Waals surface area (Å²) < 4.78 is 58.8. The summed E-state index contributed by atoms with van der Waals surface area (Å²) in [7, 11) is 0. The van der Waals surface area contributed by atoms with Crippen LogP contribution in [-0.2, 0) is 0 Å². The van der Waals surface area contributed by atoms with Crippen molar-refractivity contribution in [3.63, 3.8) is 0 Å². The molecule has 0 radical (unpaired) electrons. The summed E-state index contributed by atoms with van der Waals surface area (Å²) in [5, 5.41) is 4.00. The van der Waals surface area contributed by atoms with E-state index in [1.165, 1.54) is 0 Å². The van der Waals surface area contributed by atoms with Crippen LogP contribution in [0.5, 0.6) is 5.75 Å². The van der Waals surface area contributed by atoms with E-state index < -0.39 is 34.7 Å². The molecule has 146 valence electrons. The van der Waals surface area contributed by atoms with Gasteiger partial charge in [0.15, 0.2) is 28.4 Å². The number of nitrogens with zero attached hydrogens (tertiary/aromatic N) is 1. The summed E-state index contributed by atoms with van der Waals surface area (Å²) in [6.07, 6.45) is 0.888. The minimum atomic E-state index is -2.05. The smallest absolute Gasteiger partial charge is 0.260 e. The van der Waals surface area contributed by atoms with Gasteiger partial charge >= 0.3 is 0 Å². The number of halogens is 4. The zero-order valence-corrected chi connectivity index (χ0v) is 15.4. The van der Waals surface area contributed by atoms with Crippen molar-refractivity contribution in [2.45, 2.75) is 13.3 Å². The second kappa shape index (κ2) is 8.39. The van der Waals surface area contributed by atoms with E-state index in [-0.39, 0.29) is 5.13 Å². The Morgan fingerprint density at radius 1 is 1.11 bits per heavy atom. The van der Waals surface area contributed by atoms with Gasteiger partial charge in [-0.25, -0.2) is 22.5 Å². The first-order valence-electron chi connectivity index (χ1n) is 8.23. The summed E-state index contributed by atoms with van der Waals surface area (Å²) in [6.45, 7) is 2.60. The number of ether oxygens (including phenoxy) is 1. The van der Waals surface area contributed by atoms with Gasteiger partial charge in [0, 0.05) is 10.9 Å². The molecule has 0 aliphatic carbocycles. The van der Waals surface area contributed by atoms with E-state index in [0.29, 0.717) is 24.1 Å². The van der Waals surface area contributed by atoms with Crippen LogP contribution in [0.4, 0.5) is 22.7 Å². The van der Waals surface area contributed by atoms with Crippen LogP contribution in [0.1, 0.15) is 23.7 Å². The third kappa shape index (κ3) is 4.14. The van der Waals surface area contributed by atoms with Gasteiger partial charge in [0.05, 0.1) is 17.9 Å². The molecule has 0 bridgehead atoms. The lowest BCUT2D eigenvalue weighted by atomic mass is 10.1. The highest BCUT2D eigenvalue weighted by Crippen LogP contribution is 2.27. The average molecular weight is 410 g/mol. The highest BCUT2D eigenvalue weighted by atomic mass is 32.1. The van der Waals surface area contributed by atoms with E-state index >= 15 is 0 Å². The molecule has 0 aliphatic rings. The maximum absolute atomic E-state index is 13.7. The van der Waals surface area contributed by atoms with Crippen LogP contribution in [0, 0.1) is 23.3 Å². The quantitative estimate of drug-likeness (QED) is 0.336. The highest BCUT2D eigenvalue weighted by molar-refractivity contribution is 7.14. The number of anilines is 1.